The summed E-state index contributed by atoms with van der Waals surface area (Å²) in [6, 6.07) is 14.0. The number of rotatable bonds is 2. The molecule has 0 aromatic heterocycles. The fraction of sp³-hybridized carbons (Fsp3) is 0.158. The van der Waals surface area contributed by atoms with Gasteiger partial charge in [0.25, 0.3) is 5.91 Å². The summed E-state index contributed by atoms with van der Waals surface area (Å²) in [5.41, 5.74) is 2.95. The summed E-state index contributed by atoms with van der Waals surface area (Å²) in [4.78, 5) is 28.8. The molecule has 4 rings (SSSR count). The zero-order valence-electron chi connectivity index (χ0n) is 13.9. The minimum absolute atomic E-state index is 0.109. The van der Waals surface area contributed by atoms with E-state index in [2.05, 4.69) is 21.2 Å². The fourth-order valence-corrected chi connectivity index (χ4v) is 3.69. The molecule has 1 atom stereocenters. The third kappa shape index (κ3) is 2.79. The van der Waals surface area contributed by atoms with Crippen LogP contribution in [0.15, 0.2) is 64.3 Å². The third-order valence-electron chi connectivity index (χ3n) is 4.70. The molecule has 0 saturated carbocycles. The molecule has 2 aliphatic rings. The number of hydrogen-bond acceptors (Lipinski definition) is 2. The van der Waals surface area contributed by atoms with Crippen molar-refractivity contribution in [1.29, 1.82) is 0 Å². The summed E-state index contributed by atoms with van der Waals surface area (Å²) in [6.45, 7) is 0.354. The molecule has 0 fully saturated rings. The van der Waals surface area contributed by atoms with Crippen LogP contribution in [0.1, 0.15) is 11.6 Å². The normalized spacial score (nSPS) is 19.7. The van der Waals surface area contributed by atoms with Gasteiger partial charge in [-0.15, -0.1) is 0 Å². The van der Waals surface area contributed by atoms with E-state index in [1.54, 1.807) is 24.1 Å². The lowest BCUT2D eigenvalue weighted by molar-refractivity contribution is -0.114. The highest BCUT2D eigenvalue weighted by atomic mass is 79.9. The SMILES string of the molecule is CN1C(=O)N[C@H](c2ccc(Br)cc2)C2=C1CN(c1ccc(Cl)cc1)C2=O. The summed E-state index contributed by atoms with van der Waals surface area (Å²) in [6.07, 6.45) is 0. The van der Waals surface area contributed by atoms with Crippen LogP contribution in [0.4, 0.5) is 10.5 Å². The number of carbonyl (C=O) groups is 2. The predicted octanol–water partition coefficient (Wildman–Crippen LogP) is 4.10. The maximum absolute atomic E-state index is 13.2. The van der Waals surface area contributed by atoms with E-state index in [1.807, 2.05) is 36.4 Å². The standard InChI is InChI=1S/C19H15BrClN3O2/c1-23-15-10-24(14-8-6-13(21)7-9-14)18(25)16(15)17(22-19(23)26)11-2-4-12(20)5-3-11/h2-9,17H,10H2,1H3,(H,22,26)/t17-/m1/s1. The monoisotopic (exact) mass is 431 g/mol. The highest BCUT2D eigenvalue weighted by molar-refractivity contribution is 9.10. The number of nitrogens with zero attached hydrogens (tertiary/aromatic N) is 2. The van der Waals surface area contributed by atoms with Gasteiger partial charge in [0.1, 0.15) is 0 Å². The highest BCUT2D eigenvalue weighted by Gasteiger charge is 2.43. The predicted molar refractivity (Wildman–Crippen MR) is 104 cm³/mol. The summed E-state index contributed by atoms with van der Waals surface area (Å²) in [5.74, 6) is -0.109. The molecule has 3 amide bonds. The van der Waals surface area contributed by atoms with Crippen LogP contribution in [0.5, 0.6) is 0 Å². The molecule has 2 aliphatic heterocycles. The molecule has 0 radical (unpaired) electrons. The van der Waals surface area contributed by atoms with Crippen molar-refractivity contribution in [2.45, 2.75) is 6.04 Å². The summed E-state index contributed by atoms with van der Waals surface area (Å²) in [5, 5.41) is 3.54. The molecule has 132 valence electrons. The third-order valence-corrected chi connectivity index (χ3v) is 5.48. The Morgan fingerprint density at radius 2 is 1.73 bits per heavy atom. The van der Waals surface area contributed by atoms with Crippen molar-refractivity contribution in [2.24, 2.45) is 0 Å². The first-order valence-corrected chi connectivity index (χ1v) is 9.23. The van der Waals surface area contributed by atoms with E-state index < -0.39 is 6.04 Å². The first-order valence-electron chi connectivity index (χ1n) is 8.06. The first kappa shape index (κ1) is 17.1. The maximum atomic E-state index is 13.2. The minimum Gasteiger partial charge on any atom is -0.327 e. The maximum Gasteiger partial charge on any atom is 0.322 e. The number of urea groups is 1. The average Bonchev–Trinajstić information content (AvgIpc) is 2.97. The second-order valence-electron chi connectivity index (χ2n) is 6.22. The molecule has 0 spiro atoms. The topological polar surface area (TPSA) is 52.7 Å². The van der Waals surface area contributed by atoms with Crippen LogP contribution < -0.4 is 10.2 Å². The van der Waals surface area contributed by atoms with Crippen molar-refractivity contribution in [1.82, 2.24) is 10.2 Å². The molecule has 0 aliphatic carbocycles. The molecule has 2 heterocycles. The van der Waals surface area contributed by atoms with Crippen molar-refractivity contribution in [3.05, 3.63) is 74.9 Å². The number of amides is 3. The molecular weight excluding hydrogens is 418 g/mol. The molecular formula is C19H15BrClN3O2. The number of benzene rings is 2. The summed E-state index contributed by atoms with van der Waals surface area (Å²) >= 11 is 9.37. The van der Waals surface area contributed by atoms with Crippen LogP contribution in [0, 0.1) is 0 Å². The highest BCUT2D eigenvalue weighted by Crippen LogP contribution is 2.37. The van der Waals surface area contributed by atoms with E-state index in [0.717, 1.165) is 21.4 Å². The quantitative estimate of drug-likeness (QED) is 0.777. The lowest BCUT2D eigenvalue weighted by Gasteiger charge is -2.31. The van der Waals surface area contributed by atoms with Crippen LogP contribution in [0.25, 0.3) is 0 Å². The number of anilines is 1. The van der Waals surface area contributed by atoms with Crippen molar-refractivity contribution in [3.8, 4) is 0 Å². The Bertz CT molecular complexity index is 925. The van der Waals surface area contributed by atoms with Gasteiger partial charge in [0.15, 0.2) is 0 Å². The van der Waals surface area contributed by atoms with E-state index in [4.69, 9.17) is 11.6 Å². The zero-order chi connectivity index (χ0) is 18.4. The van der Waals surface area contributed by atoms with Gasteiger partial charge in [-0.3, -0.25) is 9.69 Å². The molecule has 2 aromatic rings. The van der Waals surface area contributed by atoms with Gasteiger partial charge in [0, 0.05) is 22.2 Å². The minimum atomic E-state index is -0.466. The lowest BCUT2D eigenvalue weighted by atomic mass is 9.96. The van der Waals surface area contributed by atoms with Gasteiger partial charge in [-0.2, -0.15) is 0 Å². The van der Waals surface area contributed by atoms with E-state index in [9.17, 15) is 9.59 Å². The van der Waals surface area contributed by atoms with Gasteiger partial charge in [0.2, 0.25) is 0 Å². The number of likely N-dealkylation sites (N-methyl/N-ethyl adjacent to an activating group) is 1. The van der Waals surface area contributed by atoms with Crippen molar-refractivity contribution in [3.63, 3.8) is 0 Å². The molecule has 5 nitrogen and oxygen atoms in total. The van der Waals surface area contributed by atoms with Gasteiger partial charge < -0.3 is 10.2 Å². The summed E-state index contributed by atoms with van der Waals surface area (Å²) < 4.78 is 0.940. The van der Waals surface area contributed by atoms with Crippen molar-refractivity contribution >= 4 is 45.2 Å². The van der Waals surface area contributed by atoms with Gasteiger partial charge in [-0.1, -0.05) is 39.7 Å². The van der Waals surface area contributed by atoms with Crippen LogP contribution in [0.3, 0.4) is 0 Å². The smallest absolute Gasteiger partial charge is 0.322 e. The number of nitrogens with one attached hydrogen (secondary N) is 1. The zero-order valence-corrected chi connectivity index (χ0v) is 16.2. The van der Waals surface area contributed by atoms with E-state index in [1.165, 1.54) is 4.90 Å². The van der Waals surface area contributed by atoms with Crippen molar-refractivity contribution in [2.75, 3.05) is 18.5 Å². The Hall–Kier alpha value is -2.31. The molecule has 7 heteroatoms. The molecule has 0 bridgehead atoms. The number of carbonyl (C=O) groups excluding carboxylic acids is 2. The van der Waals surface area contributed by atoms with Gasteiger partial charge in [-0.05, 0) is 42.0 Å². The van der Waals surface area contributed by atoms with Gasteiger partial charge in [-0.25, -0.2) is 4.79 Å². The summed E-state index contributed by atoms with van der Waals surface area (Å²) in [7, 11) is 1.68. The molecule has 0 saturated heterocycles. The van der Waals surface area contributed by atoms with Crippen LogP contribution >= 0.6 is 27.5 Å². The number of hydrogen-bond donors (Lipinski definition) is 1. The lowest BCUT2D eigenvalue weighted by Crippen LogP contribution is -2.45. The van der Waals surface area contributed by atoms with Gasteiger partial charge >= 0.3 is 6.03 Å². The van der Waals surface area contributed by atoms with E-state index >= 15 is 0 Å². The molecule has 26 heavy (non-hydrogen) atoms. The average molecular weight is 433 g/mol. The fourth-order valence-electron chi connectivity index (χ4n) is 3.30. The van der Waals surface area contributed by atoms with Crippen LogP contribution in [-0.4, -0.2) is 30.4 Å². The molecule has 0 unspecified atom stereocenters. The van der Waals surface area contributed by atoms with E-state index in [0.29, 0.717) is 17.1 Å². The van der Waals surface area contributed by atoms with Crippen molar-refractivity contribution < 1.29 is 9.59 Å². The largest absolute Gasteiger partial charge is 0.327 e. The Balaban J connectivity index is 1.75. The Labute approximate surface area is 164 Å². The Morgan fingerprint density at radius 1 is 1.08 bits per heavy atom. The molecule has 2 aromatic carbocycles. The Morgan fingerprint density at radius 3 is 2.38 bits per heavy atom. The second-order valence-corrected chi connectivity index (χ2v) is 7.57. The van der Waals surface area contributed by atoms with E-state index in [-0.39, 0.29) is 11.9 Å². The van der Waals surface area contributed by atoms with Crippen LogP contribution in [0.2, 0.25) is 5.02 Å². The number of halogens is 2. The second kappa shape index (κ2) is 6.45. The van der Waals surface area contributed by atoms with Crippen LogP contribution in [-0.2, 0) is 4.79 Å². The van der Waals surface area contributed by atoms with Gasteiger partial charge in [0.05, 0.1) is 23.9 Å². The Kier molecular flexibility index (Phi) is 4.25. The first-order chi connectivity index (χ1) is 12.5. The molecule has 1 N–H and O–H groups in total.